The summed E-state index contributed by atoms with van der Waals surface area (Å²) in [5, 5.41) is 0. The quantitative estimate of drug-likeness (QED) is 0.748. The van der Waals surface area contributed by atoms with Gasteiger partial charge in [-0.25, -0.2) is 0 Å². The fraction of sp³-hybridized carbons (Fsp3) is 0.304. The summed E-state index contributed by atoms with van der Waals surface area (Å²) in [4.78, 5) is 28.1. The molecule has 0 saturated heterocycles. The highest BCUT2D eigenvalue weighted by Crippen LogP contribution is 2.28. The third kappa shape index (κ3) is 5.45. The molecule has 0 spiro atoms. The van der Waals surface area contributed by atoms with Gasteiger partial charge in [0, 0.05) is 26.1 Å². The number of para-hydroxylation sites is 2. The second-order valence-corrected chi connectivity index (χ2v) is 7.01. The van der Waals surface area contributed by atoms with Crippen LogP contribution in [0.2, 0.25) is 0 Å². The Labute approximate surface area is 171 Å². The summed E-state index contributed by atoms with van der Waals surface area (Å²) < 4.78 is 5.40. The van der Waals surface area contributed by atoms with Gasteiger partial charge in [0.25, 0.3) is 0 Å². The predicted molar refractivity (Wildman–Crippen MR) is 115 cm³/mol. The number of hydrogen-bond acceptors (Lipinski definition) is 4. The summed E-state index contributed by atoms with van der Waals surface area (Å²) in [7, 11) is 1.57. The van der Waals surface area contributed by atoms with Crippen molar-refractivity contribution in [3.8, 4) is 5.75 Å². The minimum absolute atomic E-state index is 0.0766. The first-order valence-electron chi connectivity index (χ1n) is 9.77. The fourth-order valence-electron chi connectivity index (χ4n) is 3.50. The van der Waals surface area contributed by atoms with Crippen LogP contribution in [0.25, 0.3) is 5.57 Å². The van der Waals surface area contributed by atoms with Gasteiger partial charge in [0.05, 0.1) is 19.3 Å². The Balaban J connectivity index is 1.70. The average molecular weight is 393 g/mol. The Kier molecular flexibility index (Phi) is 7.03. The number of methoxy groups -OCH3 is 1. The summed E-state index contributed by atoms with van der Waals surface area (Å²) in [6, 6.07) is 17.6. The molecular formula is C23H27N3O3. The summed E-state index contributed by atoms with van der Waals surface area (Å²) >= 11 is 0. The van der Waals surface area contributed by atoms with Crippen molar-refractivity contribution in [3.63, 3.8) is 0 Å². The molecule has 0 unspecified atom stereocenters. The number of amides is 2. The van der Waals surface area contributed by atoms with Gasteiger partial charge in [0.1, 0.15) is 5.75 Å². The summed E-state index contributed by atoms with van der Waals surface area (Å²) in [6.07, 6.45) is 3.18. The van der Waals surface area contributed by atoms with Gasteiger partial charge in [-0.15, -0.1) is 0 Å². The molecule has 0 aromatic heterocycles. The van der Waals surface area contributed by atoms with Crippen LogP contribution in [-0.4, -0.2) is 50.0 Å². The third-order valence-corrected chi connectivity index (χ3v) is 5.06. The van der Waals surface area contributed by atoms with E-state index in [4.69, 9.17) is 10.5 Å². The number of anilines is 1. The third-order valence-electron chi connectivity index (χ3n) is 5.06. The number of ether oxygens (including phenoxy) is 1. The maximum absolute atomic E-state index is 13.1. The molecule has 0 bridgehead atoms. The molecule has 0 fully saturated rings. The normalized spacial score (nSPS) is 14.2. The highest BCUT2D eigenvalue weighted by atomic mass is 16.5. The Bertz CT molecular complexity index is 880. The van der Waals surface area contributed by atoms with Crippen molar-refractivity contribution in [3.05, 3.63) is 66.2 Å². The maximum Gasteiger partial charge on any atom is 0.241 e. The molecule has 29 heavy (non-hydrogen) atoms. The lowest BCUT2D eigenvalue weighted by Gasteiger charge is -2.30. The molecule has 0 atom stereocenters. The zero-order chi connectivity index (χ0) is 20.6. The van der Waals surface area contributed by atoms with E-state index in [1.807, 2.05) is 36.4 Å². The first-order valence-corrected chi connectivity index (χ1v) is 9.77. The van der Waals surface area contributed by atoms with Crippen molar-refractivity contribution >= 4 is 23.1 Å². The Morgan fingerprint density at radius 2 is 1.83 bits per heavy atom. The molecular weight excluding hydrogens is 366 g/mol. The smallest absolute Gasteiger partial charge is 0.241 e. The molecule has 2 aromatic carbocycles. The van der Waals surface area contributed by atoms with Crippen LogP contribution < -0.4 is 15.4 Å². The van der Waals surface area contributed by atoms with Crippen LogP contribution >= 0.6 is 0 Å². The van der Waals surface area contributed by atoms with Crippen LogP contribution in [0.3, 0.4) is 0 Å². The topological polar surface area (TPSA) is 75.9 Å². The van der Waals surface area contributed by atoms with Gasteiger partial charge in [0.15, 0.2) is 0 Å². The molecule has 1 aliphatic rings. The Morgan fingerprint density at radius 1 is 1.10 bits per heavy atom. The van der Waals surface area contributed by atoms with Gasteiger partial charge in [-0.1, -0.05) is 48.5 Å². The predicted octanol–water partition coefficient (Wildman–Crippen LogP) is 2.69. The fourth-order valence-corrected chi connectivity index (χ4v) is 3.50. The number of benzene rings is 2. The van der Waals surface area contributed by atoms with E-state index < -0.39 is 5.91 Å². The molecule has 3 rings (SSSR count). The van der Waals surface area contributed by atoms with E-state index in [9.17, 15) is 9.59 Å². The van der Waals surface area contributed by atoms with Crippen LogP contribution in [0.1, 0.15) is 18.4 Å². The van der Waals surface area contributed by atoms with Gasteiger partial charge in [-0.3, -0.25) is 14.5 Å². The lowest BCUT2D eigenvalue weighted by atomic mass is 9.99. The lowest BCUT2D eigenvalue weighted by molar-refractivity contribution is -0.120. The van der Waals surface area contributed by atoms with E-state index in [0.29, 0.717) is 18.0 Å². The Morgan fingerprint density at radius 3 is 2.48 bits per heavy atom. The largest absolute Gasteiger partial charge is 0.495 e. The summed E-state index contributed by atoms with van der Waals surface area (Å²) in [5.41, 5.74) is 8.51. The molecule has 2 aromatic rings. The first kappa shape index (κ1) is 20.6. The standard InChI is InChI=1S/C23H27N3O3/c1-29-21-10-6-5-9-20(21)26(16-13-22(24)27)23(28)17-25-14-11-19(12-15-25)18-7-3-2-4-8-18/h2-11H,12-17H2,1H3,(H2,24,27). The van der Waals surface area contributed by atoms with Crippen LogP contribution in [0, 0.1) is 0 Å². The monoisotopic (exact) mass is 393 g/mol. The molecule has 152 valence electrons. The lowest BCUT2D eigenvalue weighted by Crippen LogP contribution is -2.43. The number of carbonyl (C=O) groups is 2. The van der Waals surface area contributed by atoms with Gasteiger partial charge >= 0.3 is 0 Å². The van der Waals surface area contributed by atoms with Gasteiger partial charge < -0.3 is 15.4 Å². The van der Waals surface area contributed by atoms with E-state index in [2.05, 4.69) is 23.1 Å². The SMILES string of the molecule is COc1ccccc1N(CCC(N)=O)C(=O)CN1CC=C(c2ccccc2)CC1. The molecule has 6 nitrogen and oxygen atoms in total. The zero-order valence-corrected chi connectivity index (χ0v) is 16.7. The van der Waals surface area contributed by atoms with Crippen molar-refractivity contribution in [2.45, 2.75) is 12.8 Å². The minimum Gasteiger partial charge on any atom is -0.495 e. The van der Waals surface area contributed by atoms with Crippen molar-refractivity contribution in [2.24, 2.45) is 5.73 Å². The average Bonchev–Trinajstić information content (AvgIpc) is 2.75. The Hall–Kier alpha value is -3.12. The number of primary amides is 1. The van der Waals surface area contributed by atoms with E-state index in [1.54, 1.807) is 18.1 Å². The van der Waals surface area contributed by atoms with E-state index in [-0.39, 0.29) is 25.4 Å². The number of nitrogens with two attached hydrogens (primary N) is 1. The second-order valence-electron chi connectivity index (χ2n) is 7.01. The highest BCUT2D eigenvalue weighted by molar-refractivity contribution is 5.96. The number of rotatable bonds is 8. The molecule has 1 aliphatic heterocycles. The van der Waals surface area contributed by atoms with Crippen LogP contribution in [0.5, 0.6) is 5.75 Å². The van der Waals surface area contributed by atoms with Crippen molar-refractivity contribution in [1.29, 1.82) is 0 Å². The highest BCUT2D eigenvalue weighted by Gasteiger charge is 2.23. The summed E-state index contributed by atoms with van der Waals surface area (Å²) in [5.74, 6) is 0.0774. The number of nitrogens with zero attached hydrogens (tertiary/aromatic N) is 2. The molecule has 2 amide bonds. The van der Waals surface area contributed by atoms with Gasteiger partial charge in [-0.2, -0.15) is 0 Å². The zero-order valence-electron chi connectivity index (χ0n) is 16.7. The molecule has 0 saturated carbocycles. The van der Waals surface area contributed by atoms with E-state index >= 15 is 0 Å². The summed E-state index contributed by atoms with van der Waals surface area (Å²) in [6.45, 7) is 2.02. The van der Waals surface area contributed by atoms with Crippen LogP contribution in [-0.2, 0) is 9.59 Å². The second kappa shape index (κ2) is 9.89. The van der Waals surface area contributed by atoms with Gasteiger partial charge in [-0.05, 0) is 29.7 Å². The number of hydrogen-bond donors (Lipinski definition) is 1. The van der Waals surface area contributed by atoms with Crippen molar-refractivity contribution in [2.75, 3.05) is 38.2 Å². The maximum atomic E-state index is 13.1. The van der Waals surface area contributed by atoms with Crippen molar-refractivity contribution in [1.82, 2.24) is 4.90 Å². The van der Waals surface area contributed by atoms with E-state index in [0.717, 1.165) is 13.0 Å². The van der Waals surface area contributed by atoms with Crippen molar-refractivity contribution < 1.29 is 14.3 Å². The van der Waals surface area contributed by atoms with Crippen LogP contribution in [0.15, 0.2) is 60.7 Å². The van der Waals surface area contributed by atoms with Crippen LogP contribution in [0.4, 0.5) is 5.69 Å². The molecule has 2 N–H and O–H groups in total. The molecule has 0 aliphatic carbocycles. The molecule has 0 radical (unpaired) electrons. The minimum atomic E-state index is -0.439. The molecule has 1 heterocycles. The molecule has 6 heteroatoms. The van der Waals surface area contributed by atoms with Gasteiger partial charge in [0.2, 0.25) is 11.8 Å². The first-order chi connectivity index (χ1) is 14.1. The number of carbonyl (C=O) groups excluding carboxylic acids is 2. The van der Waals surface area contributed by atoms with E-state index in [1.165, 1.54) is 11.1 Å².